The first-order chi connectivity index (χ1) is 8.93. The maximum atomic E-state index is 12.6. The molecule has 104 valence electrons. The van der Waals surface area contributed by atoms with Crippen LogP contribution in [0.3, 0.4) is 0 Å². The van der Waals surface area contributed by atoms with Gasteiger partial charge in [-0.05, 0) is 36.1 Å². The summed E-state index contributed by atoms with van der Waals surface area (Å²) in [7, 11) is 1.62. The molecule has 0 aliphatic carbocycles. The molecule has 19 heavy (non-hydrogen) atoms. The predicted molar refractivity (Wildman–Crippen MR) is 77.0 cm³/mol. The summed E-state index contributed by atoms with van der Waals surface area (Å²) in [5.74, 6) is 0.974. The van der Waals surface area contributed by atoms with E-state index in [0.717, 1.165) is 25.1 Å². The van der Waals surface area contributed by atoms with E-state index in [1.54, 1.807) is 7.11 Å². The van der Waals surface area contributed by atoms with Crippen molar-refractivity contribution in [2.75, 3.05) is 20.2 Å². The Morgan fingerprint density at radius 3 is 2.63 bits per heavy atom. The van der Waals surface area contributed by atoms with Gasteiger partial charge in [0, 0.05) is 12.5 Å². The maximum Gasteiger partial charge on any atom is 0.170 e. The highest BCUT2D eigenvalue weighted by molar-refractivity contribution is 6.00. The zero-order valence-corrected chi connectivity index (χ0v) is 12.2. The van der Waals surface area contributed by atoms with Crippen molar-refractivity contribution in [1.29, 1.82) is 0 Å². The van der Waals surface area contributed by atoms with E-state index >= 15 is 0 Å². The van der Waals surface area contributed by atoms with Crippen molar-refractivity contribution in [3.8, 4) is 5.75 Å². The minimum Gasteiger partial charge on any atom is -0.496 e. The van der Waals surface area contributed by atoms with Gasteiger partial charge in [-0.2, -0.15) is 0 Å². The fraction of sp³-hybridized carbons (Fsp3) is 0.562. The summed E-state index contributed by atoms with van der Waals surface area (Å²) in [6.07, 6.45) is 0.918. The monoisotopic (exact) mass is 261 g/mol. The van der Waals surface area contributed by atoms with Crippen LogP contribution in [0.1, 0.15) is 43.1 Å². The molecular formula is C16H23NO2. The number of benzene rings is 1. The van der Waals surface area contributed by atoms with Gasteiger partial charge in [0.25, 0.3) is 0 Å². The largest absolute Gasteiger partial charge is 0.496 e. The lowest BCUT2D eigenvalue weighted by molar-refractivity contribution is 0.0927. The van der Waals surface area contributed by atoms with E-state index in [1.165, 1.54) is 5.56 Å². The van der Waals surface area contributed by atoms with Crippen LogP contribution in [0.5, 0.6) is 5.75 Å². The maximum absolute atomic E-state index is 12.6. The first-order valence-corrected chi connectivity index (χ1v) is 6.87. The first kappa shape index (κ1) is 14.1. The Morgan fingerprint density at radius 1 is 1.37 bits per heavy atom. The molecule has 1 aliphatic rings. The molecule has 0 saturated carbocycles. The molecule has 1 saturated heterocycles. The Morgan fingerprint density at radius 2 is 2.11 bits per heavy atom. The number of hydrogen-bond donors (Lipinski definition) is 1. The Labute approximate surface area is 115 Å². The van der Waals surface area contributed by atoms with Gasteiger partial charge in [-0.3, -0.25) is 4.79 Å². The lowest BCUT2D eigenvalue weighted by atomic mass is 9.84. The van der Waals surface area contributed by atoms with Crippen molar-refractivity contribution < 1.29 is 9.53 Å². The fourth-order valence-electron chi connectivity index (χ4n) is 2.47. The van der Waals surface area contributed by atoms with Crippen LogP contribution in [0.15, 0.2) is 18.2 Å². The second kappa shape index (κ2) is 5.33. The van der Waals surface area contributed by atoms with Gasteiger partial charge in [0.05, 0.1) is 12.7 Å². The van der Waals surface area contributed by atoms with E-state index < -0.39 is 0 Å². The van der Waals surface area contributed by atoms with Crippen LogP contribution in [0.25, 0.3) is 0 Å². The normalized spacial score (nSPS) is 19.5. The van der Waals surface area contributed by atoms with Crippen molar-refractivity contribution in [2.45, 2.75) is 32.6 Å². The molecule has 0 spiro atoms. The number of ketones is 1. The Balaban J connectivity index is 2.38. The van der Waals surface area contributed by atoms with E-state index in [1.807, 2.05) is 18.2 Å². The number of Topliss-reactive ketones (excluding diaryl/α,β-unsaturated/α-hetero) is 1. The molecule has 1 fully saturated rings. The van der Waals surface area contributed by atoms with Gasteiger partial charge in [-0.15, -0.1) is 0 Å². The molecule has 2 rings (SSSR count). The number of ether oxygens (including phenoxy) is 1. The highest BCUT2D eigenvalue weighted by Gasteiger charge is 2.27. The van der Waals surface area contributed by atoms with Crippen LogP contribution in [-0.4, -0.2) is 26.0 Å². The van der Waals surface area contributed by atoms with Crippen LogP contribution in [0.2, 0.25) is 0 Å². The minimum absolute atomic E-state index is 0.0369. The van der Waals surface area contributed by atoms with Gasteiger partial charge >= 0.3 is 0 Å². The molecule has 1 N–H and O–H groups in total. The summed E-state index contributed by atoms with van der Waals surface area (Å²) in [5, 5.41) is 3.24. The Kier molecular flexibility index (Phi) is 3.95. The molecule has 1 aliphatic heterocycles. The summed E-state index contributed by atoms with van der Waals surface area (Å²) in [4.78, 5) is 12.6. The number of hydrogen-bond acceptors (Lipinski definition) is 3. The van der Waals surface area contributed by atoms with Gasteiger partial charge in [0.2, 0.25) is 0 Å². The molecular weight excluding hydrogens is 238 g/mol. The summed E-state index contributed by atoms with van der Waals surface area (Å²) in [6.45, 7) is 8.17. The number of methoxy groups -OCH3 is 1. The molecule has 0 amide bonds. The zero-order valence-electron chi connectivity index (χ0n) is 12.2. The minimum atomic E-state index is 0.0369. The SMILES string of the molecule is COc1ccc(C(C)(C)C)cc1C(=O)C1CCNC1. The standard InChI is InChI=1S/C16H23NO2/c1-16(2,3)12-5-6-14(19-4)13(9-12)15(18)11-7-8-17-10-11/h5-6,9,11,17H,7-8,10H2,1-4H3. The second-order valence-corrected chi connectivity index (χ2v) is 6.22. The van der Waals surface area contributed by atoms with Crippen LogP contribution in [0.4, 0.5) is 0 Å². The zero-order chi connectivity index (χ0) is 14.0. The average Bonchev–Trinajstić information content (AvgIpc) is 2.90. The first-order valence-electron chi connectivity index (χ1n) is 6.87. The molecule has 1 atom stereocenters. The molecule has 1 unspecified atom stereocenters. The molecule has 1 heterocycles. The third-order valence-electron chi connectivity index (χ3n) is 3.76. The van der Waals surface area contributed by atoms with Gasteiger partial charge < -0.3 is 10.1 Å². The van der Waals surface area contributed by atoms with E-state index in [2.05, 4.69) is 26.1 Å². The van der Waals surface area contributed by atoms with Crippen LogP contribution in [-0.2, 0) is 5.41 Å². The molecule has 3 heteroatoms. The van der Waals surface area contributed by atoms with Crippen molar-refractivity contribution in [2.24, 2.45) is 5.92 Å². The lowest BCUT2D eigenvalue weighted by Gasteiger charge is -2.21. The van der Waals surface area contributed by atoms with Crippen LogP contribution >= 0.6 is 0 Å². The third kappa shape index (κ3) is 2.98. The average molecular weight is 261 g/mol. The highest BCUT2D eigenvalue weighted by Crippen LogP contribution is 2.30. The van der Waals surface area contributed by atoms with E-state index in [0.29, 0.717) is 5.75 Å². The summed E-state index contributed by atoms with van der Waals surface area (Å²) >= 11 is 0. The van der Waals surface area contributed by atoms with Crippen molar-refractivity contribution in [1.82, 2.24) is 5.32 Å². The van der Waals surface area contributed by atoms with E-state index in [4.69, 9.17) is 4.74 Å². The quantitative estimate of drug-likeness (QED) is 0.850. The van der Waals surface area contributed by atoms with Crippen molar-refractivity contribution in [3.05, 3.63) is 29.3 Å². The smallest absolute Gasteiger partial charge is 0.170 e. The van der Waals surface area contributed by atoms with Crippen LogP contribution < -0.4 is 10.1 Å². The van der Waals surface area contributed by atoms with Crippen molar-refractivity contribution >= 4 is 5.78 Å². The second-order valence-electron chi connectivity index (χ2n) is 6.22. The van der Waals surface area contributed by atoms with Gasteiger partial charge in [0.15, 0.2) is 5.78 Å². The van der Waals surface area contributed by atoms with E-state index in [-0.39, 0.29) is 17.1 Å². The summed E-state index contributed by atoms with van der Waals surface area (Å²) < 4.78 is 5.35. The number of carbonyl (C=O) groups excluding carboxylic acids is 1. The Hall–Kier alpha value is -1.35. The van der Waals surface area contributed by atoms with Crippen molar-refractivity contribution in [3.63, 3.8) is 0 Å². The topological polar surface area (TPSA) is 38.3 Å². The van der Waals surface area contributed by atoms with Gasteiger partial charge in [-0.1, -0.05) is 26.8 Å². The van der Waals surface area contributed by atoms with Crippen LogP contribution in [0, 0.1) is 5.92 Å². The Bertz CT molecular complexity index is 468. The van der Waals surface area contributed by atoms with Gasteiger partial charge in [0.1, 0.15) is 5.75 Å². The number of rotatable bonds is 3. The van der Waals surface area contributed by atoms with Gasteiger partial charge in [-0.25, -0.2) is 0 Å². The molecule has 1 aromatic rings. The molecule has 1 aromatic carbocycles. The summed E-state index contributed by atoms with van der Waals surface area (Å²) in [6, 6.07) is 5.96. The lowest BCUT2D eigenvalue weighted by Crippen LogP contribution is -2.20. The fourth-order valence-corrected chi connectivity index (χ4v) is 2.47. The number of carbonyl (C=O) groups is 1. The third-order valence-corrected chi connectivity index (χ3v) is 3.76. The highest BCUT2D eigenvalue weighted by atomic mass is 16.5. The van der Waals surface area contributed by atoms with E-state index in [9.17, 15) is 4.79 Å². The summed E-state index contributed by atoms with van der Waals surface area (Å²) in [5.41, 5.74) is 1.93. The molecule has 0 bridgehead atoms. The molecule has 0 aromatic heterocycles. The molecule has 0 radical (unpaired) electrons. The molecule has 3 nitrogen and oxygen atoms in total. The predicted octanol–water partition coefficient (Wildman–Crippen LogP) is 2.78. The number of nitrogens with one attached hydrogen (secondary N) is 1.